The van der Waals surface area contributed by atoms with Gasteiger partial charge in [0.15, 0.2) is 5.96 Å². The first-order chi connectivity index (χ1) is 9.88. The second kappa shape index (κ2) is 8.32. The van der Waals surface area contributed by atoms with Gasteiger partial charge in [-0.15, -0.1) is 11.3 Å². The zero-order valence-electron chi connectivity index (χ0n) is 11.7. The molecule has 0 atom stereocenters. The van der Waals surface area contributed by atoms with E-state index in [0.29, 0.717) is 6.54 Å². The van der Waals surface area contributed by atoms with Gasteiger partial charge in [0.25, 0.3) is 0 Å². The van der Waals surface area contributed by atoms with Crippen molar-refractivity contribution in [3.8, 4) is 0 Å². The van der Waals surface area contributed by atoms with Crippen molar-refractivity contribution in [3.05, 3.63) is 52.5 Å². The largest absolute Gasteiger partial charge is 0.357 e. The molecular formula is C15H20N4S. The highest BCUT2D eigenvalue weighted by atomic mass is 32.1. The van der Waals surface area contributed by atoms with Crippen molar-refractivity contribution in [1.29, 1.82) is 0 Å². The Kier molecular flexibility index (Phi) is 6.05. The molecule has 0 radical (unpaired) electrons. The third kappa shape index (κ3) is 5.01. The number of nitrogens with one attached hydrogen (secondary N) is 2. The maximum atomic E-state index is 4.54. The molecule has 2 aromatic rings. The van der Waals surface area contributed by atoms with Gasteiger partial charge in [0.05, 0.1) is 12.2 Å². The van der Waals surface area contributed by atoms with Gasteiger partial charge in [0.2, 0.25) is 0 Å². The van der Waals surface area contributed by atoms with E-state index in [1.807, 2.05) is 18.2 Å². The fourth-order valence-corrected chi connectivity index (χ4v) is 2.46. The van der Waals surface area contributed by atoms with Crippen molar-refractivity contribution in [2.45, 2.75) is 19.9 Å². The van der Waals surface area contributed by atoms with E-state index in [-0.39, 0.29) is 0 Å². The molecule has 2 rings (SSSR count). The van der Waals surface area contributed by atoms with E-state index in [4.69, 9.17) is 0 Å². The second-order valence-electron chi connectivity index (χ2n) is 4.27. The number of aromatic nitrogens is 1. The van der Waals surface area contributed by atoms with Crippen molar-refractivity contribution in [2.75, 3.05) is 13.1 Å². The molecule has 5 heteroatoms. The van der Waals surface area contributed by atoms with Crippen LogP contribution in [0.5, 0.6) is 0 Å². The molecule has 0 bridgehead atoms. The van der Waals surface area contributed by atoms with Crippen LogP contribution in [0.2, 0.25) is 0 Å². The predicted octanol–water partition coefficient (Wildman–Crippen LogP) is 2.44. The third-order valence-electron chi connectivity index (χ3n) is 2.71. The Hall–Kier alpha value is -1.88. The smallest absolute Gasteiger partial charge is 0.191 e. The lowest BCUT2D eigenvalue weighted by molar-refractivity contribution is 0.801. The lowest BCUT2D eigenvalue weighted by atomic mass is 10.3. The van der Waals surface area contributed by atoms with Gasteiger partial charge in [-0.3, -0.25) is 4.98 Å². The Labute approximate surface area is 124 Å². The fourth-order valence-electron chi connectivity index (χ4n) is 1.75. The van der Waals surface area contributed by atoms with Crippen molar-refractivity contribution in [2.24, 2.45) is 4.99 Å². The van der Waals surface area contributed by atoms with Gasteiger partial charge in [0, 0.05) is 24.2 Å². The van der Waals surface area contributed by atoms with Crippen molar-refractivity contribution >= 4 is 17.3 Å². The minimum absolute atomic E-state index is 0.592. The number of nitrogens with zero attached hydrogens (tertiary/aromatic N) is 2. The number of rotatable bonds is 6. The molecule has 0 fully saturated rings. The van der Waals surface area contributed by atoms with Gasteiger partial charge >= 0.3 is 0 Å². The maximum absolute atomic E-state index is 4.54. The topological polar surface area (TPSA) is 49.3 Å². The molecule has 2 heterocycles. The number of hydrogen-bond acceptors (Lipinski definition) is 3. The molecular weight excluding hydrogens is 268 g/mol. The Balaban J connectivity index is 1.82. The van der Waals surface area contributed by atoms with E-state index in [0.717, 1.165) is 31.2 Å². The third-order valence-corrected chi connectivity index (χ3v) is 3.65. The molecule has 0 aliphatic carbocycles. The highest BCUT2D eigenvalue weighted by molar-refractivity contribution is 7.09. The average Bonchev–Trinajstić information content (AvgIpc) is 2.99. The monoisotopic (exact) mass is 288 g/mol. The molecule has 0 saturated carbocycles. The number of pyridine rings is 1. The van der Waals surface area contributed by atoms with E-state index in [2.05, 4.69) is 45.0 Å². The molecule has 0 aliphatic heterocycles. The van der Waals surface area contributed by atoms with Crippen LogP contribution in [-0.4, -0.2) is 24.0 Å². The second-order valence-corrected chi connectivity index (χ2v) is 5.30. The van der Waals surface area contributed by atoms with E-state index < -0.39 is 0 Å². The van der Waals surface area contributed by atoms with Gasteiger partial charge in [-0.2, -0.15) is 0 Å². The van der Waals surface area contributed by atoms with Crippen LogP contribution in [0.25, 0.3) is 0 Å². The van der Waals surface area contributed by atoms with Gasteiger partial charge in [0.1, 0.15) is 0 Å². The Morgan fingerprint density at radius 2 is 2.20 bits per heavy atom. The summed E-state index contributed by atoms with van der Waals surface area (Å²) < 4.78 is 0. The van der Waals surface area contributed by atoms with Crippen LogP contribution < -0.4 is 10.6 Å². The van der Waals surface area contributed by atoms with Crippen LogP contribution in [0.4, 0.5) is 0 Å². The summed E-state index contributed by atoms with van der Waals surface area (Å²) in [5, 5.41) is 8.70. The molecule has 4 nitrogen and oxygen atoms in total. The zero-order chi connectivity index (χ0) is 14.0. The average molecular weight is 288 g/mol. The van der Waals surface area contributed by atoms with Crippen LogP contribution in [0.1, 0.15) is 17.5 Å². The minimum atomic E-state index is 0.592. The van der Waals surface area contributed by atoms with Crippen LogP contribution in [-0.2, 0) is 13.0 Å². The van der Waals surface area contributed by atoms with Crippen LogP contribution in [0.15, 0.2) is 46.9 Å². The maximum Gasteiger partial charge on any atom is 0.191 e. The Morgan fingerprint density at radius 3 is 2.90 bits per heavy atom. The molecule has 0 saturated heterocycles. The summed E-state index contributed by atoms with van der Waals surface area (Å²) in [4.78, 5) is 10.2. The summed E-state index contributed by atoms with van der Waals surface area (Å²) in [6, 6.07) is 10.1. The van der Waals surface area contributed by atoms with E-state index in [9.17, 15) is 0 Å². The number of hydrogen-bond donors (Lipinski definition) is 2. The summed E-state index contributed by atoms with van der Waals surface area (Å²) >= 11 is 1.79. The van der Waals surface area contributed by atoms with Crippen LogP contribution in [0, 0.1) is 0 Å². The quantitative estimate of drug-likeness (QED) is 0.634. The van der Waals surface area contributed by atoms with Crippen LogP contribution in [0.3, 0.4) is 0 Å². The molecule has 2 N–H and O–H groups in total. The van der Waals surface area contributed by atoms with E-state index in [1.165, 1.54) is 4.88 Å². The molecule has 20 heavy (non-hydrogen) atoms. The van der Waals surface area contributed by atoms with Gasteiger partial charge < -0.3 is 10.6 Å². The lowest BCUT2D eigenvalue weighted by Gasteiger charge is -2.10. The highest BCUT2D eigenvalue weighted by Crippen LogP contribution is 2.07. The molecule has 2 aromatic heterocycles. The normalized spacial score (nSPS) is 11.3. The number of guanidine groups is 1. The predicted molar refractivity (Wildman–Crippen MR) is 85.1 cm³/mol. The van der Waals surface area contributed by atoms with Gasteiger partial charge in [-0.05, 0) is 36.9 Å². The molecule has 0 aromatic carbocycles. The summed E-state index contributed by atoms with van der Waals surface area (Å²) in [6.45, 7) is 4.40. The SMILES string of the molecule is CCNC(=NCc1ccccn1)NCCc1cccs1. The minimum Gasteiger partial charge on any atom is -0.357 e. The van der Waals surface area contributed by atoms with E-state index >= 15 is 0 Å². The molecule has 0 spiro atoms. The molecule has 106 valence electrons. The van der Waals surface area contributed by atoms with Crippen molar-refractivity contribution in [3.63, 3.8) is 0 Å². The van der Waals surface area contributed by atoms with Gasteiger partial charge in [-0.25, -0.2) is 4.99 Å². The first-order valence-electron chi connectivity index (χ1n) is 6.83. The molecule has 0 amide bonds. The van der Waals surface area contributed by atoms with Crippen LogP contribution >= 0.6 is 11.3 Å². The standard InChI is InChI=1S/C15H20N4S/c1-2-16-15(18-10-8-14-7-5-11-20-14)19-12-13-6-3-4-9-17-13/h3-7,9,11H,2,8,10,12H2,1H3,(H2,16,18,19). The highest BCUT2D eigenvalue weighted by Gasteiger charge is 1.99. The van der Waals surface area contributed by atoms with Gasteiger partial charge in [-0.1, -0.05) is 12.1 Å². The summed E-state index contributed by atoms with van der Waals surface area (Å²) in [6.07, 6.45) is 2.81. The Morgan fingerprint density at radius 1 is 1.25 bits per heavy atom. The van der Waals surface area contributed by atoms with Crippen molar-refractivity contribution in [1.82, 2.24) is 15.6 Å². The molecule has 0 aliphatic rings. The number of aliphatic imine (C=N–C) groups is 1. The zero-order valence-corrected chi connectivity index (χ0v) is 12.5. The summed E-state index contributed by atoms with van der Waals surface area (Å²) in [7, 11) is 0. The first kappa shape index (κ1) is 14.5. The first-order valence-corrected chi connectivity index (χ1v) is 7.71. The van der Waals surface area contributed by atoms with Crippen molar-refractivity contribution < 1.29 is 0 Å². The Bertz CT molecular complexity index is 508. The summed E-state index contributed by atoms with van der Waals surface area (Å²) in [5.74, 6) is 0.842. The fraction of sp³-hybridized carbons (Fsp3) is 0.333. The number of thiophene rings is 1. The lowest BCUT2D eigenvalue weighted by Crippen LogP contribution is -2.38. The summed E-state index contributed by atoms with van der Waals surface area (Å²) in [5.41, 5.74) is 0.975. The van der Waals surface area contributed by atoms with E-state index in [1.54, 1.807) is 17.5 Å². The molecule has 0 unspecified atom stereocenters.